The lowest BCUT2D eigenvalue weighted by Crippen LogP contribution is -2.02. The monoisotopic (exact) mass is 313 g/mol. The van der Waals surface area contributed by atoms with Gasteiger partial charge in [0.15, 0.2) is 0 Å². The standard InChI is InChI=1S/C17H16FN3S/c1-10-19-16(21-12-8-6-11(18)7-9-12)15-13-4-2-3-5-14(13)22-17(15)20-10/h6-9H,2-5H2,1H3,(H,19,20,21). The number of nitrogens with one attached hydrogen (secondary N) is 1. The molecule has 0 saturated carbocycles. The van der Waals surface area contributed by atoms with Crippen molar-refractivity contribution < 1.29 is 4.39 Å². The third-order valence-corrected chi connectivity index (χ3v) is 5.22. The minimum absolute atomic E-state index is 0.234. The molecule has 3 aromatic rings. The lowest BCUT2D eigenvalue weighted by atomic mass is 9.97. The van der Waals surface area contributed by atoms with Crippen molar-refractivity contribution in [2.24, 2.45) is 0 Å². The summed E-state index contributed by atoms with van der Waals surface area (Å²) in [6.45, 7) is 1.91. The molecule has 22 heavy (non-hydrogen) atoms. The average molecular weight is 313 g/mol. The first kappa shape index (κ1) is 13.6. The number of hydrogen-bond acceptors (Lipinski definition) is 4. The molecule has 0 spiro atoms. The summed E-state index contributed by atoms with van der Waals surface area (Å²) in [7, 11) is 0. The lowest BCUT2D eigenvalue weighted by Gasteiger charge is -2.13. The van der Waals surface area contributed by atoms with Crippen molar-refractivity contribution in [2.45, 2.75) is 32.6 Å². The molecule has 0 bridgehead atoms. The molecule has 1 aliphatic carbocycles. The Morgan fingerprint density at radius 1 is 1.09 bits per heavy atom. The molecule has 3 nitrogen and oxygen atoms in total. The summed E-state index contributed by atoms with van der Waals surface area (Å²) in [6, 6.07) is 6.38. The molecule has 4 rings (SSSR count). The predicted octanol–water partition coefficient (Wildman–Crippen LogP) is 4.76. The third-order valence-electron chi connectivity index (χ3n) is 4.03. The second kappa shape index (κ2) is 5.32. The van der Waals surface area contributed by atoms with E-state index in [1.165, 1.54) is 35.4 Å². The van der Waals surface area contributed by atoms with E-state index >= 15 is 0 Å². The van der Waals surface area contributed by atoms with E-state index in [0.717, 1.165) is 40.4 Å². The smallest absolute Gasteiger partial charge is 0.143 e. The normalized spacial score (nSPS) is 14.1. The summed E-state index contributed by atoms with van der Waals surface area (Å²) >= 11 is 1.79. The van der Waals surface area contributed by atoms with E-state index in [9.17, 15) is 4.39 Å². The maximum absolute atomic E-state index is 13.1. The molecule has 0 radical (unpaired) electrons. The first-order valence-corrected chi connectivity index (χ1v) is 8.34. The minimum atomic E-state index is -0.234. The number of nitrogens with zero attached hydrogens (tertiary/aromatic N) is 2. The van der Waals surface area contributed by atoms with Gasteiger partial charge in [-0.05, 0) is 62.4 Å². The number of aromatic nitrogens is 2. The van der Waals surface area contributed by atoms with E-state index < -0.39 is 0 Å². The Balaban J connectivity index is 1.85. The van der Waals surface area contributed by atoms with Crippen LogP contribution in [-0.4, -0.2) is 9.97 Å². The number of thiophene rings is 1. The van der Waals surface area contributed by atoms with E-state index in [2.05, 4.69) is 15.3 Å². The highest BCUT2D eigenvalue weighted by molar-refractivity contribution is 7.19. The molecule has 0 amide bonds. The fourth-order valence-corrected chi connectivity index (χ4v) is 4.33. The molecule has 0 atom stereocenters. The summed E-state index contributed by atoms with van der Waals surface area (Å²) in [5.74, 6) is 1.37. The number of rotatable bonds is 2. The van der Waals surface area contributed by atoms with E-state index in [4.69, 9.17) is 0 Å². The highest BCUT2D eigenvalue weighted by Gasteiger charge is 2.20. The van der Waals surface area contributed by atoms with E-state index in [-0.39, 0.29) is 5.82 Å². The van der Waals surface area contributed by atoms with Crippen molar-refractivity contribution in [1.82, 2.24) is 9.97 Å². The van der Waals surface area contributed by atoms with Crippen LogP contribution in [0.4, 0.5) is 15.9 Å². The van der Waals surface area contributed by atoms with E-state index in [1.807, 2.05) is 6.92 Å². The second-order valence-corrected chi connectivity index (χ2v) is 6.73. The van der Waals surface area contributed by atoms with Crippen LogP contribution in [0, 0.1) is 12.7 Å². The van der Waals surface area contributed by atoms with Crippen molar-refractivity contribution in [2.75, 3.05) is 5.32 Å². The van der Waals surface area contributed by atoms with E-state index in [0.29, 0.717) is 0 Å². The van der Waals surface area contributed by atoms with Crippen LogP contribution in [-0.2, 0) is 12.8 Å². The molecule has 0 aliphatic heterocycles. The maximum atomic E-state index is 13.1. The van der Waals surface area contributed by atoms with Gasteiger partial charge in [-0.25, -0.2) is 14.4 Å². The van der Waals surface area contributed by atoms with Gasteiger partial charge in [0.25, 0.3) is 0 Å². The van der Waals surface area contributed by atoms with E-state index in [1.54, 1.807) is 23.5 Å². The summed E-state index contributed by atoms with van der Waals surface area (Å²) in [5, 5.41) is 4.49. The van der Waals surface area contributed by atoms with Crippen LogP contribution in [0.1, 0.15) is 29.1 Å². The Kier molecular flexibility index (Phi) is 3.30. The Morgan fingerprint density at radius 3 is 2.68 bits per heavy atom. The average Bonchev–Trinajstić information content (AvgIpc) is 2.87. The van der Waals surface area contributed by atoms with Crippen molar-refractivity contribution in [3.8, 4) is 0 Å². The molecule has 0 fully saturated rings. The number of anilines is 2. The number of fused-ring (bicyclic) bond motifs is 3. The SMILES string of the molecule is Cc1nc(Nc2ccc(F)cc2)c2c3c(sc2n1)CCCC3. The topological polar surface area (TPSA) is 37.8 Å². The molecular weight excluding hydrogens is 297 g/mol. The number of hydrogen-bond donors (Lipinski definition) is 1. The Bertz CT molecular complexity index is 839. The van der Waals surface area contributed by atoms with Crippen LogP contribution in [0.15, 0.2) is 24.3 Å². The molecule has 0 saturated heterocycles. The first-order valence-electron chi connectivity index (χ1n) is 7.52. The van der Waals surface area contributed by atoms with Crippen LogP contribution in [0.2, 0.25) is 0 Å². The van der Waals surface area contributed by atoms with Gasteiger partial charge in [0, 0.05) is 10.6 Å². The first-order chi connectivity index (χ1) is 10.7. The van der Waals surface area contributed by atoms with Gasteiger partial charge >= 0.3 is 0 Å². The highest BCUT2D eigenvalue weighted by atomic mass is 32.1. The second-order valence-electron chi connectivity index (χ2n) is 5.64. The molecule has 112 valence electrons. The van der Waals surface area contributed by atoms with Crippen LogP contribution < -0.4 is 5.32 Å². The van der Waals surface area contributed by atoms with Crippen LogP contribution >= 0.6 is 11.3 Å². The van der Waals surface area contributed by atoms with Gasteiger partial charge in [0.1, 0.15) is 22.3 Å². The number of halogens is 1. The molecule has 1 aromatic carbocycles. The molecule has 1 N–H and O–H groups in total. The zero-order valence-electron chi connectivity index (χ0n) is 12.3. The van der Waals surface area contributed by atoms with Crippen LogP contribution in [0.3, 0.4) is 0 Å². The number of aryl methyl sites for hydroxylation is 3. The maximum Gasteiger partial charge on any atom is 0.143 e. The van der Waals surface area contributed by atoms with Crippen LogP contribution in [0.25, 0.3) is 10.2 Å². The lowest BCUT2D eigenvalue weighted by molar-refractivity contribution is 0.628. The van der Waals surface area contributed by atoms with Crippen LogP contribution in [0.5, 0.6) is 0 Å². The van der Waals surface area contributed by atoms with Crippen molar-refractivity contribution >= 4 is 33.1 Å². The number of benzene rings is 1. The largest absolute Gasteiger partial charge is 0.340 e. The third kappa shape index (κ3) is 2.35. The quantitative estimate of drug-likeness (QED) is 0.741. The Hall–Kier alpha value is -2.01. The van der Waals surface area contributed by atoms with Crippen molar-refractivity contribution in [3.63, 3.8) is 0 Å². The molecule has 1 aliphatic rings. The van der Waals surface area contributed by atoms with Gasteiger partial charge in [-0.3, -0.25) is 0 Å². The van der Waals surface area contributed by atoms with Gasteiger partial charge in [0.05, 0.1) is 5.39 Å². The molecule has 2 aromatic heterocycles. The van der Waals surface area contributed by atoms with Gasteiger partial charge < -0.3 is 5.32 Å². The summed E-state index contributed by atoms with van der Waals surface area (Å²) in [5.41, 5.74) is 2.24. The molecule has 5 heteroatoms. The fourth-order valence-electron chi connectivity index (χ4n) is 3.02. The minimum Gasteiger partial charge on any atom is -0.340 e. The van der Waals surface area contributed by atoms with Crippen molar-refractivity contribution in [1.29, 1.82) is 0 Å². The predicted molar refractivity (Wildman–Crippen MR) is 88.5 cm³/mol. The zero-order chi connectivity index (χ0) is 15.1. The van der Waals surface area contributed by atoms with Gasteiger partial charge in [-0.2, -0.15) is 0 Å². The summed E-state index contributed by atoms with van der Waals surface area (Å²) < 4.78 is 13.1. The van der Waals surface area contributed by atoms with Crippen molar-refractivity contribution in [3.05, 3.63) is 46.3 Å². The summed E-state index contributed by atoms with van der Waals surface area (Å²) in [6.07, 6.45) is 4.72. The Morgan fingerprint density at radius 2 is 1.86 bits per heavy atom. The summed E-state index contributed by atoms with van der Waals surface area (Å²) in [4.78, 5) is 11.7. The van der Waals surface area contributed by atoms with Gasteiger partial charge in [-0.1, -0.05) is 0 Å². The highest BCUT2D eigenvalue weighted by Crippen LogP contribution is 2.39. The molecular formula is C17H16FN3S. The molecule has 0 unspecified atom stereocenters. The molecule has 2 heterocycles. The van der Waals surface area contributed by atoms with Gasteiger partial charge in [-0.15, -0.1) is 11.3 Å². The fraction of sp³-hybridized carbons (Fsp3) is 0.294. The van der Waals surface area contributed by atoms with Gasteiger partial charge in [0.2, 0.25) is 0 Å². The Labute approximate surface area is 132 Å². The zero-order valence-corrected chi connectivity index (χ0v) is 13.1.